The van der Waals surface area contributed by atoms with E-state index in [0.717, 1.165) is 57.1 Å². The van der Waals surface area contributed by atoms with Crippen molar-refractivity contribution < 1.29 is 9.47 Å². The van der Waals surface area contributed by atoms with Gasteiger partial charge in [-0.1, -0.05) is 48.5 Å². The van der Waals surface area contributed by atoms with Gasteiger partial charge in [0.15, 0.2) is 23.0 Å². The number of nitriles is 1. The van der Waals surface area contributed by atoms with Crippen LogP contribution in [-0.4, -0.2) is 0 Å². The number of rotatable bonds is 2. The molecular formula is C31H19N3O2. The monoisotopic (exact) mass is 465 g/mol. The van der Waals surface area contributed by atoms with Crippen molar-refractivity contribution in [1.82, 2.24) is 0 Å². The highest BCUT2D eigenvalue weighted by atomic mass is 16.5. The summed E-state index contributed by atoms with van der Waals surface area (Å²) < 4.78 is 12.5. The third-order valence-electron chi connectivity index (χ3n) is 6.45. The summed E-state index contributed by atoms with van der Waals surface area (Å²) >= 11 is 0. The Morgan fingerprint density at radius 1 is 0.444 bits per heavy atom. The zero-order valence-electron chi connectivity index (χ0n) is 19.1. The molecule has 0 fully saturated rings. The van der Waals surface area contributed by atoms with Gasteiger partial charge in [0.2, 0.25) is 0 Å². The van der Waals surface area contributed by atoms with E-state index in [9.17, 15) is 5.26 Å². The summed E-state index contributed by atoms with van der Waals surface area (Å²) in [5, 5.41) is 9.84. The molecule has 5 heteroatoms. The Morgan fingerprint density at radius 2 is 0.833 bits per heavy atom. The van der Waals surface area contributed by atoms with Crippen LogP contribution in [0.3, 0.4) is 0 Å². The van der Waals surface area contributed by atoms with E-state index >= 15 is 0 Å². The van der Waals surface area contributed by atoms with Crippen LogP contribution in [0.2, 0.25) is 0 Å². The average molecular weight is 466 g/mol. The number of hydrogen-bond donors (Lipinski definition) is 0. The Morgan fingerprint density at radius 3 is 1.25 bits per heavy atom. The third kappa shape index (κ3) is 3.02. The van der Waals surface area contributed by atoms with Gasteiger partial charge in [-0.15, -0.1) is 0 Å². The minimum atomic E-state index is 0.574. The van der Waals surface area contributed by atoms with E-state index in [1.54, 1.807) is 0 Å². The molecule has 7 rings (SSSR count). The quantitative estimate of drug-likeness (QED) is 0.255. The Balaban J connectivity index is 1.54. The first-order valence-electron chi connectivity index (χ1n) is 11.7. The van der Waals surface area contributed by atoms with E-state index in [4.69, 9.17) is 9.47 Å². The van der Waals surface area contributed by atoms with Gasteiger partial charge in [-0.05, 0) is 66.7 Å². The van der Waals surface area contributed by atoms with Crippen molar-refractivity contribution in [2.24, 2.45) is 0 Å². The van der Waals surface area contributed by atoms with Crippen LogP contribution in [0.15, 0.2) is 115 Å². The number of hydrogen-bond acceptors (Lipinski definition) is 5. The Labute approximate surface area is 208 Å². The number of fused-ring (bicyclic) bond motifs is 4. The lowest BCUT2D eigenvalue weighted by atomic mass is 10.1. The summed E-state index contributed by atoms with van der Waals surface area (Å²) in [4.78, 5) is 4.37. The molecule has 0 aromatic heterocycles. The van der Waals surface area contributed by atoms with Gasteiger partial charge in [0.05, 0.1) is 45.8 Å². The number of para-hydroxylation sites is 8. The van der Waals surface area contributed by atoms with Crippen molar-refractivity contribution in [2.75, 3.05) is 9.80 Å². The van der Waals surface area contributed by atoms with Crippen LogP contribution in [0.4, 0.5) is 34.1 Å². The van der Waals surface area contributed by atoms with E-state index in [2.05, 4.69) is 28.0 Å². The molecule has 36 heavy (non-hydrogen) atoms. The largest absolute Gasteiger partial charge is 0.453 e. The highest BCUT2D eigenvalue weighted by Crippen LogP contribution is 2.56. The van der Waals surface area contributed by atoms with E-state index < -0.39 is 0 Å². The maximum atomic E-state index is 9.84. The molecule has 0 radical (unpaired) electrons. The molecule has 0 unspecified atom stereocenters. The highest BCUT2D eigenvalue weighted by molar-refractivity contribution is 5.97. The van der Waals surface area contributed by atoms with Crippen LogP contribution in [0, 0.1) is 11.3 Å². The normalized spacial score (nSPS) is 12.8. The van der Waals surface area contributed by atoms with Crippen molar-refractivity contribution in [3.05, 3.63) is 121 Å². The fourth-order valence-corrected chi connectivity index (χ4v) is 4.89. The van der Waals surface area contributed by atoms with E-state index in [1.165, 1.54) is 0 Å². The van der Waals surface area contributed by atoms with E-state index in [0.29, 0.717) is 5.56 Å². The van der Waals surface area contributed by atoms with Gasteiger partial charge in [0.1, 0.15) is 0 Å². The van der Waals surface area contributed by atoms with Crippen molar-refractivity contribution in [2.45, 2.75) is 0 Å². The lowest BCUT2D eigenvalue weighted by molar-refractivity contribution is 0.476. The maximum Gasteiger partial charge on any atom is 0.151 e. The molecule has 5 aromatic carbocycles. The fourth-order valence-electron chi connectivity index (χ4n) is 4.89. The van der Waals surface area contributed by atoms with Gasteiger partial charge in [0.25, 0.3) is 0 Å². The molecule has 2 aliphatic rings. The van der Waals surface area contributed by atoms with Crippen LogP contribution in [0.25, 0.3) is 0 Å². The van der Waals surface area contributed by atoms with Crippen molar-refractivity contribution in [1.29, 1.82) is 5.26 Å². The van der Waals surface area contributed by atoms with Crippen LogP contribution in [-0.2, 0) is 0 Å². The third-order valence-corrected chi connectivity index (χ3v) is 6.45. The SMILES string of the molecule is N#Cc1ccc(N2c3ccccc3Oc3ccccc32)c(N2c3ccccc3Oc3ccccc32)c1. The van der Waals surface area contributed by atoms with Crippen molar-refractivity contribution in [3.63, 3.8) is 0 Å². The number of ether oxygens (including phenoxy) is 2. The Hall–Kier alpha value is -5.21. The lowest BCUT2D eigenvalue weighted by Gasteiger charge is -2.38. The van der Waals surface area contributed by atoms with Gasteiger partial charge in [0, 0.05) is 0 Å². The number of benzene rings is 5. The molecule has 0 bridgehead atoms. The minimum Gasteiger partial charge on any atom is -0.453 e. The smallest absolute Gasteiger partial charge is 0.151 e. The zero-order chi connectivity index (χ0) is 24.1. The van der Waals surface area contributed by atoms with Crippen molar-refractivity contribution >= 4 is 34.1 Å². The second kappa shape index (κ2) is 7.93. The second-order valence-electron chi connectivity index (χ2n) is 8.56. The summed E-state index contributed by atoms with van der Waals surface area (Å²) in [6.07, 6.45) is 0. The van der Waals surface area contributed by atoms with Gasteiger partial charge in [-0.25, -0.2) is 0 Å². The highest BCUT2D eigenvalue weighted by Gasteiger charge is 2.32. The summed E-state index contributed by atoms with van der Waals surface area (Å²) in [5.74, 6) is 3.06. The number of anilines is 6. The molecular weight excluding hydrogens is 446 g/mol. The lowest BCUT2D eigenvalue weighted by Crippen LogP contribution is -2.21. The van der Waals surface area contributed by atoms with Crippen LogP contribution in [0.1, 0.15) is 5.56 Å². The molecule has 0 atom stereocenters. The maximum absolute atomic E-state index is 9.84. The van der Waals surface area contributed by atoms with Crippen molar-refractivity contribution in [3.8, 4) is 29.1 Å². The second-order valence-corrected chi connectivity index (χ2v) is 8.56. The Kier molecular flexibility index (Phi) is 4.45. The van der Waals surface area contributed by atoms with Crippen LogP contribution < -0.4 is 19.3 Å². The molecule has 0 saturated carbocycles. The molecule has 5 aromatic rings. The average Bonchev–Trinajstić information content (AvgIpc) is 2.94. The first-order chi connectivity index (χ1) is 17.8. The summed E-state index contributed by atoms with van der Waals surface area (Å²) in [5.41, 5.74) is 6.02. The summed E-state index contributed by atoms with van der Waals surface area (Å²) in [6.45, 7) is 0. The van der Waals surface area contributed by atoms with E-state index in [-0.39, 0.29) is 0 Å². The first-order valence-corrected chi connectivity index (χ1v) is 11.7. The van der Waals surface area contributed by atoms with Gasteiger partial charge < -0.3 is 19.3 Å². The standard InChI is InChI=1S/C31H19N3O2/c32-20-21-17-18-22(33-23-9-1-5-13-28(23)35-29-14-6-2-10-24(29)33)27(19-21)34-25-11-3-7-15-30(25)36-31-16-8-4-12-26(31)34/h1-19H. The van der Waals surface area contributed by atoms with Gasteiger partial charge >= 0.3 is 0 Å². The molecule has 0 N–H and O–H groups in total. The van der Waals surface area contributed by atoms with E-state index in [1.807, 2.05) is 103 Å². The predicted octanol–water partition coefficient (Wildman–Crippen LogP) is 8.71. The molecule has 2 heterocycles. The minimum absolute atomic E-state index is 0.574. The molecule has 170 valence electrons. The molecule has 5 nitrogen and oxygen atoms in total. The molecule has 0 aliphatic carbocycles. The predicted molar refractivity (Wildman–Crippen MR) is 141 cm³/mol. The van der Waals surface area contributed by atoms with Gasteiger partial charge in [-0.2, -0.15) is 5.26 Å². The molecule has 2 aliphatic heterocycles. The van der Waals surface area contributed by atoms with Crippen LogP contribution >= 0.6 is 0 Å². The fraction of sp³-hybridized carbons (Fsp3) is 0. The molecule has 0 amide bonds. The zero-order valence-corrected chi connectivity index (χ0v) is 19.1. The molecule has 0 spiro atoms. The summed E-state index contributed by atoms with van der Waals surface area (Å²) in [7, 11) is 0. The topological polar surface area (TPSA) is 48.7 Å². The Bertz CT molecular complexity index is 1600. The van der Waals surface area contributed by atoms with Crippen LogP contribution in [0.5, 0.6) is 23.0 Å². The number of nitrogens with zero attached hydrogens (tertiary/aromatic N) is 3. The first kappa shape index (κ1) is 20.2. The van der Waals surface area contributed by atoms with Gasteiger partial charge in [-0.3, -0.25) is 0 Å². The molecule has 0 saturated heterocycles. The summed E-state index contributed by atoms with van der Waals surface area (Å²) in [6, 6.07) is 40.1.